The minimum absolute atomic E-state index is 0.443. The maximum Gasteiger partial charge on any atom is 0.219 e. The molecule has 1 fully saturated rings. The van der Waals surface area contributed by atoms with Gasteiger partial charge in [0, 0.05) is 30.9 Å². The summed E-state index contributed by atoms with van der Waals surface area (Å²) in [5.41, 5.74) is 0.966. The van der Waals surface area contributed by atoms with Crippen LogP contribution in [0, 0.1) is 0 Å². The molecule has 0 atom stereocenters. The Kier molecular flexibility index (Phi) is 4.55. The summed E-state index contributed by atoms with van der Waals surface area (Å²) in [6, 6.07) is 7.54. The first-order valence-corrected chi connectivity index (χ1v) is 7.76. The second kappa shape index (κ2) is 6.41. The molecule has 3 rings (SSSR count). The highest BCUT2D eigenvalue weighted by Gasteiger charge is 2.20. The summed E-state index contributed by atoms with van der Waals surface area (Å²) in [6.45, 7) is 0.712. The summed E-state index contributed by atoms with van der Waals surface area (Å²) >= 11 is 18.0. The van der Waals surface area contributed by atoms with Crippen LogP contribution in [-0.4, -0.2) is 11.0 Å². The molecule has 1 heterocycles. The standard InChI is InChI=1S/C15H13Cl3N2O/c16-12-4-3-11(6-13(12)17)21-15-5-9(14(18)8-20-15)7-19-10-1-2-10/h3-6,8,10,19H,1-2,7H2. The van der Waals surface area contributed by atoms with Gasteiger partial charge in [-0.05, 0) is 30.5 Å². The average Bonchev–Trinajstić information content (AvgIpc) is 3.28. The van der Waals surface area contributed by atoms with E-state index in [1.807, 2.05) is 6.07 Å². The predicted molar refractivity (Wildman–Crippen MR) is 85.6 cm³/mol. The summed E-state index contributed by atoms with van der Waals surface area (Å²) in [4.78, 5) is 4.17. The molecule has 1 aromatic heterocycles. The maximum absolute atomic E-state index is 6.15. The molecular formula is C15H13Cl3N2O. The van der Waals surface area contributed by atoms with Crippen molar-refractivity contribution in [2.75, 3.05) is 0 Å². The summed E-state index contributed by atoms with van der Waals surface area (Å²) in [5, 5.41) is 4.98. The van der Waals surface area contributed by atoms with E-state index in [0.29, 0.717) is 39.3 Å². The summed E-state index contributed by atoms with van der Waals surface area (Å²) in [6.07, 6.45) is 4.06. The number of nitrogens with zero attached hydrogens (tertiary/aromatic N) is 1. The maximum atomic E-state index is 6.15. The van der Waals surface area contributed by atoms with Gasteiger partial charge in [-0.25, -0.2) is 4.98 Å². The van der Waals surface area contributed by atoms with Gasteiger partial charge in [0.05, 0.1) is 15.1 Å². The molecule has 21 heavy (non-hydrogen) atoms. The molecule has 1 aliphatic carbocycles. The Morgan fingerprint density at radius 2 is 1.90 bits per heavy atom. The lowest BCUT2D eigenvalue weighted by atomic mass is 10.2. The number of benzene rings is 1. The topological polar surface area (TPSA) is 34.1 Å². The highest BCUT2D eigenvalue weighted by molar-refractivity contribution is 6.42. The molecule has 0 unspecified atom stereocenters. The lowest BCUT2D eigenvalue weighted by Gasteiger charge is -2.09. The van der Waals surface area contributed by atoms with Gasteiger partial charge in [-0.2, -0.15) is 0 Å². The van der Waals surface area contributed by atoms with Crippen LogP contribution in [0.25, 0.3) is 0 Å². The fourth-order valence-electron chi connectivity index (χ4n) is 1.85. The normalized spacial score (nSPS) is 14.2. The third-order valence-corrected chi connectivity index (χ3v) is 4.26. The highest BCUT2D eigenvalue weighted by Crippen LogP contribution is 2.30. The number of rotatable bonds is 5. The van der Waals surface area contributed by atoms with E-state index in [2.05, 4.69) is 10.3 Å². The van der Waals surface area contributed by atoms with Gasteiger partial charge in [0.15, 0.2) is 0 Å². The van der Waals surface area contributed by atoms with Gasteiger partial charge in [-0.3, -0.25) is 0 Å². The van der Waals surface area contributed by atoms with Crippen LogP contribution in [0.15, 0.2) is 30.5 Å². The third kappa shape index (κ3) is 4.01. The molecule has 0 radical (unpaired) electrons. The Labute approximate surface area is 138 Å². The summed E-state index contributed by atoms with van der Waals surface area (Å²) < 4.78 is 5.69. The first-order chi connectivity index (χ1) is 10.1. The number of nitrogens with one attached hydrogen (secondary N) is 1. The quantitative estimate of drug-likeness (QED) is 0.821. The zero-order valence-corrected chi connectivity index (χ0v) is 13.3. The van der Waals surface area contributed by atoms with Crippen molar-refractivity contribution < 1.29 is 4.74 Å². The van der Waals surface area contributed by atoms with Crippen molar-refractivity contribution in [1.82, 2.24) is 10.3 Å². The molecule has 3 nitrogen and oxygen atoms in total. The van der Waals surface area contributed by atoms with Crippen LogP contribution >= 0.6 is 34.8 Å². The van der Waals surface area contributed by atoms with Crippen LogP contribution in [0.5, 0.6) is 11.6 Å². The van der Waals surface area contributed by atoms with Crippen molar-refractivity contribution in [2.45, 2.75) is 25.4 Å². The van der Waals surface area contributed by atoms with Gasteiger partial charge >= 0.3 is 0 Å². The van der Waals surface area contributed by atoms with E-state index in [0.717, 1.165) is 5.56 Å². The molecule has 1 saturated carbocycles. The van der Waals surface area contributed by atoms with Crippen LogP contribution in [0.4, 0.5) is 0 Å². The molecule has 0 spiro atoms. The molecule has 1 N–H and O–H groups in total. The molecule has 0 bridgehead atoms. The highest BCUT2D eigenvalue weighted by atomic mass is 35.5. The first-order valence-electron chi connectivity index (χ1n) is 6.62. The van der Waals surface area contributed by atoms with Crippen molar-refractivity contribution >= 4 is 34.8 Å². The minimum atomic E-state index is 0.443. The Morgan fingerprint density at radius 1 is 1.10 bits per heavy atom. The van der Waals surface area contributed by atoms with Gasteiger partial charge in [0.2, 0.25) is 5.88 Å². The van der Waals surface area contributed by atoms with E-state index in [1.54, 1.807) is 24.4 Å². The number of pyridine rings is 1. The van der Waals surface area contributed by atoms with Gasteiger partial charge in [0.1, 0.15) is 5.75 Å². The lowest BCUT2D eigenvalue weighted by Crippen LogP contribution is -2.15. The molecule has 2 aromatic rings. The largest absolute Gasteiger partial charge is 0.439 e. The van der Waals surface area contributed by atoms with E-state index < -0.39 is 0 Å². The van der Waals surface area contributed by atoms with Crippen molar-refractivity contribution in [3.05, 3.63) is 51.1 Å². The molecule has 0 saturated heterocycles. The van der Waals surface area contributed by atoms with Gasteiger partial charge in [-0.1, -0.05) is 34.8 Å². The summed E-state index contributed by atoms with van der Waals surface area (Å²) in [5.74, 6) is 1.06. The van der Waals surface area contributed by atoms with Gasteiger partial charge < -0.3 is 10.1 Å². The number of hydrogen-bond acceptors (Lipinski definition) is 3. The molecule has 1 aromatic carbocycles. The van der Waals surface area contributed by atoms with Crippen LogP contribution < -0.4 is 10.1 Å². The van der Waals surface area contributed by atoms with E-state index in [1.165, 1.54) is 12.8 Å². The van der Waals surface area contributed by atoms with Crippen molar-refractivity contribution in [2.24, 2.45) is 0 Å². The Hall–Kier alpha value is -1.00. The second-order valence-corrected chi connectivity index (χ2v) is 6.17. The van der Waals surface area contributed by atoms with Gasteiger partial charge in [0.25, 0.3) is 0 Å². The SMILES string of the molecule is Clc1ccc(Oc2cc(CNC3CC3)c(Cl)cn2)cc1Cl. The molecule has 1 aliphatic rings. The molecule has 110 valence electrons. The zero-order valence-electron chi connectivity index (χ0n) is 11.1. The number of hydrogen-bond donors (Lipinski definition) is 1. The van der Waals surface area contributed by atoms with Crippen LogP contribution in [-0.2, 0) is 6.54 Å². The van der Waals surface area contributed by atoms with Crippen molar-refractivity contribution in [1.29, 1.82) is 0 Å². The fraction of sp³-hybridized carbons (Fsp3) is 0.267. The third-order valence-electron chi connectivity index (χ3n) is 3.18. The molecule has 0 aliphatic heterocycles. The monoisotopic (exact) mass is 342 g/mol. The Balaban J connectivity index is 1.74. The van der Waals surface area contributed by atoms with Crippen molar-refractivity contribution in [3.8, 4) is 11.6 Å². The predicted octanol–water partition coefficient (Wildman–Crippen LogP) is 5.09. The molecule has 0 amide bonds. The van der Waals surface area contributed by atoms with E-state index >= 15 is 0 Å². The van der Waals surface area contributed by atoms with Crippen LogP contribution in [0.1, 0.15) is 18.4 Å². The van der Waals surface area contributed by atoms with Crippen molar-refractivity contribution in [3.63, 3.8) is 0 Å². The van der Waals surface area contributed by atoms with Gasteiger partial charge in [-0.15, -0.1) is 0 Å². The number of ether oxygens (including phenoxy) is 1. The van der Waals surface area contributed by atoms with E-state index in [-0.39, 0.29) is 0 Å². The first kappa shape index (κ1) is 14.9. The van der Waals surface area contributed by atoms with Crippen LogP contribution in [0.3, 0.4) is 0 Å². The minimum Gasteiger partial charge on any atom is -0.439 e. The Bertz CT molecular complexity index is 659. The molecule has 6 heteroatoms. The number of aromatic nitrogens is 1. The second-order valence-electron chi connectivity index (χ2n) is 4.95. The van der Waals surface area contributed by atoms with E-state index in [4.69, 9.17) is 39.5 Å². The van der Waals surface area contributed by atoms with Crippen LogP contribution in [0.2, 0.25) is 15.1 Å². The lowest BCUT2D eigenvalue weighted by molar-refractivity contribution is 0.461. The Morgan fingerprint density at radius 3 is 2.62 bits per heavy atom. The number of halogens is 3. The smallest absolute Gasteiger partial charge is 0.219 e. The van der Waals surface area contributed by atoms with E-state index in [9.17, 15) is 0 Å². The average molecular weight is 344 g/mol. The summed E-state index contributed by atoms with van der Waals surface area (Å²) in [7, 11) is 0. The zero-order chi connectivity index (χ0) is 14.8. The molecular weight excluding hydrogens is 331 g/mol. The fourth-order valence-corrected chi connectivity index (χ4v) is 2.31.